The number of fused-ring (bicyclic) bond motifs is 1. The van der Waals surface area contributed by atoms with Gasteiger partial charge in [-0.05, 0) is 6.07 Å². The third-order valence-electron chi connectivity index (χ3n) is 5.19. The first-order valence-electron chi connectivity index (χ1n) is 9.56. The quantitative estimate of drug-likeness (QED) is 0.231. The Labute approximate surface area is 176 Å². The van der Waals surface area contributed by atoms with Crippen molar-refractivity contribution in [3.63, 3.8) is 0 Å². The second kappa shape index (κ2) is 8.36. The molecule has 0 saturated carbocycles. The standard InChI is InChI=1S/C22H17F2N5O2/c23-15-10-17(24)19-16(12-26-18(19)11-15)20(30)22(31)29-8-6-28(7-9-29)21(27-13-25)14-4-2-1-3-5-14/h1-5,10-12,26H,6-9H2. The molecule has 1 aromatic heterocycles. The first-order valence-corrected chi connectivity index (χ1v) is 9.56. The number of rotatable bonds is 3. The van der Waals surface area contributed by atoms with E-state index in [1.807, 2.05) is 35.2 Å². The Kier molecular flexibility index (Phi) is 5.45. The van der Waals surface area contributed by atoms with Gasteiger partial charge in [-0.1, -0.05) is 30.3 Å². The van der Waals surface area contributed by atoms with E-state index < -0.39 is 23.3 Å². The smallest absolute Gasteiger partial charge is 0.295 e. The number of hydrogen-bond acceptors (Lipinski definition) is 4. The number of aromatic amines is 1. The minimum atomic E-state index is -0.905. The number of nitrogens with zero attached hydrogens (tertiary/aromatic N) is 4. The summed E-state index contributed by atoms with van der Waals surface area (Å²) in [5.41, 5.74) is 0.760. The van der Waals surface area contributed by atoms with E-state index in [1.54, 1.807) is 6.19 Å². The van der Waals surface area contributed by atoms with Crippen LogP contribution in [0.4, 0.5) is 8.78 Å². The van der Waals surface area contributed by atoms with Crippen molar-refractivity contribution in [2.24, 2.45) is 4.99 Å². The second-order valence-electron chi connectivity index (χ2n) is 7.02. The van der Waals surface area contributed by atoms with E-state index in [1.165, 1.54) is 11.1 Å². The zero-order valence-electron chi connectivity index (χ0n) is 16.3. The number of amidine groups is 1. The molecule has 1 saturated heterocycles. The molecule has 0 radical (unpaired) electrons. The van der Waals surface area contributed by atoms with Gasteiger partial charge in [0.1, 0.15) is 17.5 Å². The maximum atomic E-state index is 14.2. The first kappa shape index (κ1) is 20.2. The molecule has 156 valence electrons. The molecule has 1 amide bonds. The molecule has 1 N–H and O–H groups in total. The lowest BCUT2D eigenvalue weighted by molar-refractivity contribution is -0.127. The molecule has 7 nitrogen and oxygen atoms in total. The summed E-state index contributed by atoms with van der Waals surface area (Å²) in [6.45, 7) is 1.23. The predicted octanol–water partition coefficient (Wildman–Crippen LogP) is 2.70. The van der Waals surface area contributed by atoms with Crippen LogP contribution in [-0.2, 0) is 4.79 Å². The van der Waals surface area contributed by atoms with Gasteiger partial charge >= 0.3 is 0 Å². The topological polar surface area (TPSA) is 92.6 Å². The van der Waals surface area contributed by atoms with Gasteiger partial charge in [0.25, 0.3) is 11.7 Å². The molecule has 1 aliphatic rings. The Morgan fingerprint density at radius 2 is 1.71 bits per heavy atom. The molecule has 4 rings (SSSR count). The van der Waals surface area contributed by atoms with E-state index in [0.29, 0.717) is 25.0 Å². The molecule has 0 spiro atoms. The van der Waals surface area contributed by atoms with E-state index in [9.17, 15) is 18.4 Å². The van der Waals surface area contributed by atoms with Crippen molar-refractivity contribution in [2.75, 3.05) is 26.2 Å². The van der Waals surface area contributed by atoms with Gasteiger partial charge in [0.15, 0.2) is 0 Å². The van der Waals surface area contributed by atoms with Gasteiger partial charge in [0, 0.05) is 49.4 Å². The summed E-state index contributed by atoms with van der Waals surface area (Å²) >= 11 is 0. The molecule has 0 aliphatic carbocycles. The van der Waals surface area contributed by atoms with Gasteiger partial charge < -0.3 is 14.8 Å². The maximum Gasteiger partial charge on any atom is 0.295 e. The molecular formula is C22H17F2N5O2. The molecule has 2 heterocycles. The van der Waals surface area contributed by atoms with Crippen molar-refractivity contribution in [1.82, 2.24) is 14.8 Å². The number of nitrogens with one attached hydrogen (secondary N) is 1. The van der Waals surface area contributed by atoms with Crippen LogP contribution in [0.15, 0.2) is 53.7 Å². The number of piperazine rings is 1. The molecule has 0 atom stereocenters. The third-order valence-corrected chi connectivity index (χ3v) is 5.19. The summed E-state index contributed by atoms with van der Waals surface area (Å²) in [7, 11) is 0. The fourth-order valence-electron chi connectivity index (χ4n) is 3.69. The number of carbonyl (C=O) groups is 2. The van der Waals surface area contributed by atoms with Gasteiger partial charge in [0.2, 0.25) is 6.19 Å². The summed E-state index contributed by atoms with van der Waals surface area (Å²) in [4.78, 5) is 35.3. The second-order valence-corrected chi connectivity index (χ2v) is 7.02. The number of amides is 1. The monoisotopic (exact) mass is 421 g/mol. The number of benzene rings is 2. The van der Waals surface area contributed by atoms with Crippen LogP contribution in [0.5, 0.6) is 0 Å². The van der Waals surface area contributed by atoms with Gasteiger partial charge in [0.05, 0.1) is 11.1 Å². The minimum absolute atomic E-state index is 0.106. The molecule has 1 fully saturated rings. The van der Waals surface area contributed by atoms with Crippen LogP contribution in [0.25, 0.3) is 10.9 Å². The number of aromatic nitrogens is 1. The molecule has 0 unspecified atom stereocenters. The van der Waals surface area contributed by atoms with E-state index in [2.05, 4.69) is 9.98 Å². The highest BCUT2D eigenvalue weighted by atomic mass is 19.1. The summed E-state index contributed by atoms with van der Waals surface area (Å²) in [5.74, 6) is -2.80. The Morgan fingerprint density at radius 1 is 1.03 bits per heavy atom. The number of nitriles is 1. The first-order chi connectivity index (χ1) is 15.0. The summed E-state index contributed by atoms with van der Waals surface area (Å²) < 4.78 is 27.6. The van der Waals surface area contributed by atoms with E-state index >= 15 is 0 Å². The van der Waals surface area contributed by atoms with Gasteiger partial charge in [-0.3, -0.25) is 9.59 Å². The number of hydrogen-bond donors (Lipinski definition) is 1. The lowest BCUT2D eigenvalue weighted by atomic mass is 10.1. The zero-order chi connectivity index (χ0) is 22.0. The van der Waals surface area contributed by atoms with Gasteiger partial charge in [-0.25, -0.2) is 8.78 Å². The average Bonchev–Trinajstić information content (AvgIpc) is 3.21. The summed E-state index contributed by atoms with van der Waals surface area (Å²) in [6.07, 6.45) is 3.03. The highest BCUT2D eigenvalue weighted by molar-refractivity contribution is 6.44. The minimum Gasteiger partial charge on any atom is -0.360 e. The number of carbonyl (C=O) groups excluding carboxylic acids is 2. The highest BCUT2D eigenvalue weighted by Crippen LogP contribution is 2.24. The molecular weight excluding hydrogens is 404 g/mol. The third kappa shape index (κ3) is 3.88. The van der Waals surface area contributed by atoms with Crippen molar-refractivity contribution in [2.45, 2.75) is 0 Å². The largest absolute Gasteiger partial charge is 0.360 e. The molecule has 2 aromatic carbocycles. The van der Waals surface area contributed by atoms with Crippen LogP contribution in [0, 0.1) is 23.1 Å². The lowest BCUT2D eigenvalue weighted by Gasteiger charge is -2.35. The van der Waals surface area contributed by atoms with Crippen LogP contribution in [0.1, 0.15) is 15.9 Å². The van der Waals surface area contributed by atoms with Gasteiger partial charge in [-0.15, -0.1) is 0 Å². The Balaban J connectivity index is 1.49. The molecule has 1 aliphatic heterocycles. The fourth-order valence-corrected chi connectivity index (χ4v) is 3.69. The molecule has 3 aromatic rings. The van der Waals surface area contributed by atoms with Crippen LogP contribution in [0.3, 0.4) is 0 Å². The summed E-state index contributed by atoms with van der Waals surface area (Å²) in [5, 5.41) is 8.94. The average molecular weight is 421 g/mol. The molecule has 0 bridgehead atoms. The van der Waals surface area contributed by atoms with Crippen molar-refractivity contribution in [3.8, 4) is 6.19 Å². The van der Waals surface area contributed by atoms with Crippen LogP contribution in [-0.4, -0.2) is 58.5 Å². The maximum absolute atomic E-state index is 14.2. The number of halogens is 2. The van der Waals surface area contributed by atoms with Gasteiger partial charge in [-0.2, -0.15) is 10.3 Å². The predicted molar refractivity (Wildman–Crippen MR) is 109 cm³/mol. The van der Waals surface area contributed by atoms with E-state index in [-0.39, 0.29) is 29.6 Å². The number of Topliss-reactive ketones (excluding diaryl/α,β-unsaturated/α-hetero) is 1. The Morgan fingerprint density at radius 3 is 2.39 bits per heavy atom. The number of H-pyrrole nitrogens is 1. The van der Waals surface area contributed by atoms with Crippen LogP contribution >= 0.6 is 0 Å². The number of aliphatic imine (C=N–C) groups is 1. The normalized spacial score (nSPS) is 14.5. The van der Waals surface area contributed by atoms with Crippen molar-refractivity contribution in [1.29, 1.82) is 5.26 Å². The van der Waals surface area contributed by atoms with Crippen molar-refractivity contribution in [3.05, 3.63) is 71.4 Å². The van der Waals surface area contributed by atoms with Crippen molar-refractivity contribution >= 4 is 28.4 Å². The van der Waals surface area contributed by atoms with E-state index in [4.69, 9.17) is 5.26 Å². The van der Waals surface area contributed by atoms with Crippen molar-refractivity contribution < 1.29 is 18.4 Å². The SMILES string of the molecule is N#CN=C(c1ccccc1)N1CCN(C(=O)C(=O)c2c[nH]c3cc(F)cc(F)c23)CC1. The van der Waals surface area contributed by atoms with Crippen LogP contribution < -0.4 is 0 Å². The van der Waals surface area contributed by atoms with Crippen LogP contribution in [0.2, 0.25) is 0 Å². The number of ketones is 1. The highest BCUT2D eigenvalue weighted by Gasteiger charge is 2.30. The Bertz CT molecular complexity index is 1220. The molecule has 31 heavy (non-hydrogen) atoms. The lowest BCUT2D eigenvalue weighted by Crippen LogP contribution is -2.52. The summed E-state index contributed by atoms with van der Waals surface area (Å²) in [6, 6.07) is 11.0. The zero-order valence-corrected chi connectivity index (χ0v) is 16.3. The Hall–Kier alpha value is -4.06. The van der Waals surface area contributed by atoms with E-state index in [0.717, 1.165) is 11.6 Å². The fraction of sp³-hybridized carbons (Fsp3) is 0.182. The molecule has 9 heteroatoms.